The summed E-state index contributed by atoms with van der Waals surface area (Å²) in [6.45, 7) is 20.9. The summed E-state index contributed by atoms with van der Waals surface area (Å²) < 4.78 is 5.82. The van der Waals surface area contributed by atoms with Gasteiger partial charge in [-0.15, -0.1) is 0 Å². The van der Waals surface area contributed by atoms with Crippen molar-refractivity contribution in [2.75, 3.05) is 0 Å². The van der Waals surface area contributed by atoms with Gasteiger partial charge in [0.05, 0.1) is 0 Å². The molecule has 3 saturated carbocycles. The van der Waals surface area contributed by atoms with Gasteiger partial charge in [0.15, 0.2) is 0 Å². The maximum Gasteiger partial charge on any atom is 0.302 e. The van der Waals surface area contributed by atoms with Gasteiger partial charge in [0.1, 0.15) is 6.10 Å². The maximum absolute atomic E-state index is 11.8. The van der Waals surface area contributed by atoms with E-state index in [0.29, 0.717) is 16.7 Å². The molecule has 0 aliphatic heterocycles. The first-order valence-electron chi connectivity index (χ1n) is 14.0. The highest BCUT2D eigenvalue weighted by atomic mass is 16.5. The van der Waals surface area contributed by atoms with Crippen molar-refractivity contribution in [2.24, 2.45) is 39.4 Å². The van der Waals surface area contributed by atoms with E-state index in [1.165, 1.54) is 49.7 Å². The average molecular weight is 467 g/mol. The summed E-state index contributed by atoms with van der Waals surface area (Å²) in [7, 11) is 0. The number of ether oxygens (including phenoxy) is 1. The smallest absolute Gasteiger partial charge is 0.302 e. The minimum Gasteiger partial charge on any atom is -0.462 e. The minimum atomic E-state index is -0.147. The normalized spacial score (nSPS) is 41.3. The summed E-state index contributed by atoms with van der Waals surface area (Å²) >= 11 is 0. The number of carbonyl (C=O) groups is 1. The highest BCUT2D eigenvalue weighted by Gasteiger charge is 2.64. The summed E-state index contributed by atoms with van der Waals surface area (Å²) in [4.78, 5) is 11.8. The molecule has 4 aliphatic carbocycles. The molecule has 0 bridgehead atoms. The van der Waals surface area contributed by atoms with Gasteiger partial charge in [-0.05, 0) is 99.2 Å². The van der Waals surface area contributed by atoms with Crippen LogP contribution in [0.5, 0.6) is 0 Å². The van der Waals surface area contributed by atoms with Crippen LogP contribution in [0, 0.1) is 39.4 Å². The number of allylic oxidation sites excluding steroid dienone is 5. The fourth-order valence-electron chi connectivity index (χ4n) is 9.27. The van der Waals surface area contributed by atoms with Gasteiger partial charge in [0.25, 0.3) is 0 Å². The molecule has 3 fully saturated rings. The number of esters is 1. The second-order valence-corrected chi connectivity index (χ2v) is 13.8. The van der Waals surface area contributed by atoms with Gasteiger partial charge in [-0.3, -0.25) is 4.79 Å². The molecule has 190 valence electrons. The Morgan fingerprint density at radius 3 is 2.38 bits per heavy atom. The lowest BCUT2D eigenvalue weighted by molar-refractivity contribution is -0.155. The van der Waals surface area contributed by atoms with Crippen LogP contribution in [0.4, 0.5) is 0 Å². The highest BCUT2D eigenvalue weighted by Crippen LogP contribution is 2.72. The van der Waals surface area contributed by atoms with Crippen LogP contribution in [0.1, 0.15) is 114 Å². The SMILES string of the molecule is CC(=O)O[C@H]1CC[C@@]2(C)C(=CC=C3[C@@H]2CC[C@@]2(C)[C@H]([C@@H](C)CCC=C(C)C)CC[C@]32C)C1(C)C. The first-order chi connectivity index (χ1) is 15.8. The van der Waals surface area contributed by atoms with Crippen molar-refractivity contribution in [3.8, 4) is 0 Å². The quantitative estimate of drug-likeness (QED) is 0.299. The molecule has 0 radical (unpaired) electrons. The lowest BCUT2D eigenvalue weighted by Gasteiger charge is -2.61. The van der Waals surface area contributed by atoms with Crippen LogP contribution in [0.15, 0.2) is 34.9 Å². The van der Waals surface area contributed by atoms with Gasteiger partial charge in [-0.2, -0.15) is 0 Å². The third-order valence-corrected chi connectivity index (χ3v) is 11.4. The van der Waals surface area contributed by atoms with E-state index < -0.39 is 0 Å². The van der Waals surface area contributed by atoms with Gasteiger partial charge in [-0.1, -0.05) is 76.5 Å². The topological polar surface area (TPSA) is 26.3 Å². The van der Waals surface area contributed by atoms with Gasteiger partial charge in [-0.25, -0.2) is 0 Å². The molecular formula is C32H50O2. The fraction of sp³-hybridized carbons (Fsp3) is 0.781. The highest BCUT2D eigenvalue weighted by molar-refractivity contribution is 5.66. The number of hydrogen-bond acceptors (Lipinski definition) is 2. The number of carbonyl (C=O) groups excluding carboxylic acids is 1. The first kappa shape index (κ1) is 25.8. The Bertz CT molecular complexity index is 915. The van der Waals surface area contributed by atoms with Crippen LogP contribution in [-0.4, -0.2) is 12.1 Å². The Kier molecular flexibility index (Phi) is 6.57. The largest absolute Gasteiger partial charge is 0.462 e. The van der Waals surface area contributed by atoms with Crippen molar-refractivity contribution in [1.29, 1.82) is 0 Å². The molecule has 0 aromatic heterocycles. The molecule has 4 aliphatic rings. The zero-order chi connectivity index (χ0) is 25.1. The van der Waals surface area contributed by atoms with Crippen LogP contribution in [0.3, 0.4) is 0 Å². The number of fused-ring (bicyclic) bond motifs is 5. The lowest BCUT2D eigenvalue weighted by Crippen LogP contribution is -2.54. The molecule has 2 heteroatoms. The van der Waals surface area contributed by atoms with Crippen molar-refractivity contribution >= 4 is 5.97 Å². The van der Waals surface area contributed by atoms with Crippen LogP contribution < -0.4 is 0 Å². The lowest BCUT2D eigenvalue weighted by atomic mass is 9.43. The van der Waals surface area contributed by atoms with Gasteiger partial charge >= 0.3 is 5.97 Å². The summed E-state index contributed by atoms with van der Waals surface area (Å²) in [6, 6.07) is 0. The van der Waals surface area contributed by atoms with Crippen molar-refractivity contribution in [3.63, 3.8) is 0 Å². The van der Waals surface area contributed by atoms with Crippen LogP contribution in [0.2, 0.25) is 0 Å². The summed E-state index contributed by atoms with van der Waals surface area (Å²) in [6.07, 6.45) is 17.4. The Morgan fingerprint density at radius 1 is 1.03 bits per heavy atom. The summed E-state index contributed by atoms with van der Waals surface area (Å²) in [5, 5.41) is 0. The molecule has 0 N–H and O–H groups in total. The predicted octanol–water partition coefficient (Wildman–Crippen LogP) is 8.83. The van der Waals surface area contributed by atoms with E-state index in [1.54, 1.807) is 12.5 Å². The van der Waals surface area contributed by atoms with Gasteiger partial charge in [0.2, 0.25) is 0 Å². The van der Waals surface area contributed by atoms with Crippen molar-refractivity contribution < 1.29 is 9.53 Å². The average Bonchev–Trinajstić information content (AvgIpc) is 3.01. The van der Waals surface area contributed by atoms with E-state index in [-0.39, 0.29) is 22.9 Å². The van der Waals surface area contributed by atoms with E-state index in [2.05, 4.69) is 73.6 Å². The molecule has 34 heavy (non-hydrogen) atoms. The van der Waals surface area contributed by atoms with Crippen LogP contribution in [0.25, 0.3) is 0 Å². The molecule has 0 spiro atoms. The van der Waals surface area contributed by atoms with Crippen LogP contribution >= 0.6 is 0 Å². The zero-order valence-electron chi connectivity index (χ0n) is 23.5. The second-order valence-electron chi connectivity index (χ2n) is 13.8. The van der Waals surface area contributed by atoms with E-state index in [1.807, 2.05) is 0 Å². The van der Waals surface area contributed by atoms with Gasteiger partial charge < -0.3 is 4.74 Å². The molecule has 0 aromatic carbocycles. The fourth-order valence-corrected chi connectivity index (χ4v) is 9.27. The molecule has 2 nitrogen and oxygen atoms in total. The molecule has 0 unspecified atom stereocenters. The third kappa shape index (κ3) is 3.77. The monoisotopic (exact) mass is 466 g/mol. The Labute approximate surface area is 209 Å². The van der Waals surface area contributed by atoms with Gasteiger partial charge in [0, 0.05) is 12.3 Å². The molecule has 4 rings (SSSR count). The number of rotatable bonds is 5. The van der Waals surface area contributed by atoms with Crippen molar-refractivity contribution in [3.05, 3.63) is 34.9 Å². The second kappa shape index (κ2) is 8.67. The van der Waals surface area contributed by atoms with Crippen LogP contribution in [-0.2, 0) is 9.53 Å². The third-order valence-electron chi connectivity index (χ3n) is 11.4. The van der Waals surface area contributed by atoms with Crippen molar-refractivity contribution in [2.45, 2.75) is 120 Å². The summed E-state index contributed by atoms with van der Waals surface area (Å²) in [5.74, 6) is 2.08. The van der Waals surface area contributed by atoms with E-state index in [0.717, 1.165) is 24.7 Å². The summed E-state index contributed by atoms with van der Waals surface area (Å²) in [5.41, 5.74) is 5.47. The Hall–Kier alpha value is -1.31. The van der Waals surface area contributed by atoms with E-state index in [4.69, 9.17) is 4.74 Å². The molecule has 0 aromatic rings. The standard InChI is InChI=1S/C32H50O2/c1-21(2)11-10-12-22(3)24-15-19-32(9)26-13-14-27-29(5,6)28(34-23(4)33)17-18-30(27,7)25(26)16-20-31(24,32)8/h11,13-14,22,24-25,28H,10,12,15-20H2,1-9H3/t22-,24-,25-,28-,30+,31-,32+/m0/s1. The Balaban J connectivity index is 1.65. The molecule has 7 atom stereocenters. The number of hydrogen-bond donors (Lipinski definition) is 0. The molecular weight excluding hydrogens is 416 g/mol. The van der Waals surface area contributed by atoms with Crippen molar-refractivity contribution in [1.82, 2.24) is 0 Å². The minimum absolute atomic E-state index is 0.0127. The maximum atomic E-state index is 11.8. The zero-order valence-corrected chi connectivity index (χ0v) is 23.5. The van der Waals surface area contributed by atoms with E-state index in [9.17, 15) is 4.79 Å². The Morgan fingerprint density at radius 2 is 1.74 bits per heavy atom. The molecule has 0 heterocycles. The molecule has 0 amide bonds. The molecule has 0 saturated heterocycles. The first-order valence-corrected chi connectivity index (χ1v) is 14.0. The van der Waals surface area contributed by atoms with E-state index >= 15 is 0 Å². The predicted molar refractivity (Wildman–Crippen MR) is 142 cm³/mol.